The van der Waals surface area contributed by atoms with Crippen LogP contribution in [0.4, 0.5) is 5.69 Å². The average Bonchev–Trinajstić information content (AvgIpc) is 2.78. The van der Waals surface area contributed by atoms with Gasteiger partial charge in [0, 0.05) is 17.1 Å². The normalized spacial score (nSPS) is 13.2. The van der Waals surface area contributed by atoms with E-state index >= 15 is 0 Å². The predicted molar refractivity (Wildman–Crippen MR) is 89.1 cm³/mol. The number of carbonyl (C=O) groups excluding carboxylic acids is 3. The smallest absolute Gasteiger partial charge is 0.263 e. The largest absolute Gasteiger partial charge is 0.294 e. The Balaban J connectivity index is 1.90. The van der Waals surface area contributed by atoms with E-state index in [0.717, 1.165) is 9.37 Å². The zero-order chi connectivity index (χ0) is 16.6. The highest BCUT2D eigenvalue weighted by molar-refractivity contribution is 9.10. The van der Waals surface area contributed by atoms with Crippen LogP contribution in [0.15, 0.2) is 53.0 Å². The van der Waals surface area contributed by atoms with Crippen LogP contribution < -0.4 is 4.90 Å². The molecule has 3 amide bonds. The molecule has 0 unspecified atom stereocenters. The number of benzene rings is 2. The number of hydrogen-bond acceptors (Lipinski definition) is 3. The molecule has 0 saturated heterocycles. The van der Waals surface area contributed by atoms with E-state index in [1.807, 2.05) is 0 Å². The lowest BCUT2D eigenvalue weighted by atomic mass is 10.1. The van der Waals surface area contributed by atoms with Crippen molar-refractivity contribution in [3.63, 3.8) is 0 Å². The summed E-state index contributed by atoms with van der Waals surface area (Å²) in [5.74, 6) is -1.01. The second-order valence-corrected chi connectivity index (χ2v) is 6.06. The van der Waals surface area contributed by atoms with Gasteiger partial charge in [0.05, 0.1) is 11.1 Å². The number of nitrogens with zero attached hydrogens (tertiary/aromatic N) is 2. The topological polar surface area (TPSA) is 57.7 Å². The van der Waals surface area contributed by atoms with E-state index in [4.69, 9.17) is 0 Å². The minimum absolute atomic E-state index is 0.108. The first-order chi connectivity index (χ1) is 11.0. The van der Waals surface area contributed by atoms with E-state index in [2.05, 4.69) is 15.9 Å². The molecule has 0 spiro atoms. The number of anilines is 1. The van der Waals surface area contributed by atoms with Gasteiger partial charge in [-0.15, -0.1) is 0 Å². The second-order valence-electron chi connectivity index (χ2n) is 5.15. The minimum Gasteiger partial charge on any atom is -0.294 e. The van der Waals surface area contributed by atoms with Crippen molar-refractivity contribution < 1.29 is 14.4 Å². The summed E-state index contributed by atoms with van der Waals surface area (Å²) in [6, 6.07) is 13.8. The molecule has 1 aliphatic heterocycles. The van der Waals surface area contributed by atoms with Crippen LogP contribution in [-0.4, -0.2) is 29.3 Å². The molecule has 0 fully saturated rings. The van der Waals surface area contributed by atoms with Gasteiger partial charge in [-0.25, -0.2) is 0 Å². The van der Waals surface area contributed by atoms with Crippen LogP contribution >= 0.6 is 15.9 Å². The second kappa shape index (κ2) is 5.96. The van der Waals surface area contributed by atoms with Crippen molar-refractivity contribution in [2.75, 3.05) is 11.6 Å². The van der Waals surface area contributed by atoms with Crippen molar-refractivity contribution in [3.8, 4) is 0 Å². The van der Waals surface area contributed by atoms with Crippen LogP contribution in [0.5, 0.6) is 0 Å². The number of rotatable bonds is 3. The van der Waals surface area contributed by atoms with Gasteiger partial charge in [-0.3, -0.25) is 24.2 Å². The maximum atomic E-state index is 12.4. The van der Waals surface area contributed by atoms with Gasteiger partial charge in [0.1, 0.15) is 6.67 Å². The van der Waals surface area contributed by atoms with Gasteiger partial charge in [-0.05, 0) is 36.4 Å². The summed E-state index contributed by atoms with van der Waals surface area (Å²) in [5.41, 5.74) is 1.37. The quantitative estimate of drug-likeness (QED) is 0.778. The molecule has 2 aromatic rings. The van der Waals surface area contributed by atoms with Gasteiger partial charge in [0.25, 0.3) is 11.8 Å². The molecule has 1 aliphatic rings. The molecule has 3 rings (SSSR count). The molecule has 116 valence electrons. The maximum Gasteiger partial charge on any atom is 0.263 e. The molecule has 0 aromatic heterocycles. The number of amides is 3. The van der Waals surface area contributed by atoms with Gasteiger partial charge in [-0.1, -0.05) is 28.1 Å². The lowest BCUT2D eigenvalue weighted by Crippen LogP contribution is -2.43. The Morgan fingerprint density at radius 1 is 1.00 bits per heavy atom. The molecular formula is C17H13BrN2O3. The molecular weight excluding hydrogens is 360 g/mol. The average molecular weight is 373 g/mol. The van der Waals surface area contributed by atoms with Gasteiger partial charge in [0.15, 0.2) is 0 Å². The van der Waals surface area contributed by atoms with E-state index in [1.165, 1.54) is 11.8 Å². The fourth-order valence-electron chi connectivity index (χ4n) is 2.49. The van der Waals surface area contributed by atoms with Crippen LogP contribution in [0.1, 0.15) is 27.6 Å². The van der Waals surface area contributed by atoms with E-state index in [0.29, 0.717) is 16.8 Å². The van der Waals surface area contributed by atoms with Gasteiger partial charge >= 0.3 is 0 Å². The molecule has 0 N–H and O–H groups in total. The Labute approximate surface area is 141 Å². The minimum atomic E-state index is -0.381. The fraction of sp³-hybridized carbons (Fsp3) is 0.118. The molecule has 1 heterocycles. The summed E-state index contributed by atoms with van der Waals surface area (Å²) >= 11 is 3.34. The monoisotopic (exact) mass is 372 g/mol. The van der Waals surface area contributed by atoms with Crippen molar-refractivity contribution in [1.82, 2.24) is 4.90 Å². The summed E-state index contributed by atoms with van der Waals surface area (Å²) in [6.07, 6.45) is 0. The molecule has 5 nitrogen and oxygen atoms in total. The number of carbonyl (C=O) groups is 3. The Bertz CT molecular complexity index is 767. The molecule has 23 heavy (non-hydrogen) atoms. The zero-order valence-electron chi connectivity index (χ0n) is 12.3. The van der Waals surface area contributed by atoms with Crippen molar-refractivity contribution in [3.05, 3.63) is 64.1 Å². The van der Waals surface area contributed by atoms with Crippen LogP contribution in [0.3, 0.4) is 0 Å². The standard InChI is InChI=1S/C17H13BrN2O3/c1-11(21)19(13-8-6-12(18)7-9-13)10-20-16(22)14-4-2-3-5-15(14)17(20)23/h2-9H,10H2,1H3. The van der Waals surface area contributed by atoms with E-state index in [1.54, 1.807) is 48.5 Å². The summed E-state index contributed by atoms with van der Waals surface area (Å²) in [4.78, 5) is 39.3. The highest BCUT2D eigenvalue weighted by atomic mass is 79.9. The van der Waals surface area contributed by atoms with Crippen molar-refractivity contribution in [2.24, 2.45) is 0 Å². The molecule has 0 saturated carbocycles. The Morgan fingerprint density at radius 3 is 2.00 bits per heavy atom. The Morgan fingerprint density at radius 2 is 1.52 bits per heavy atom. The highest BCUT2D eigenvalue weighted by Gasteiger charge is 2.36. The van der Waals surface area contributed by atoms with E-state index in [9.17, 15) is 14.4 Å². The Hall–Kier alpha value is -2.47. The number of hydrogen-bond donors (Lipinski definition) is 0. The van der Waals surface area contributed by atoms with Crippen LogP contribution in [0.2, 0.25) is 0 Å². The number of imide groups is 1. The molecule has 6 heteroatoms. The van der Waals surface area contributed by atoms with Crippen molar-refractivity contribution in [1.29, 1.82) is 0 Å². The molecule has 2 aromatic carbocycles. The SMILES string of the molecule is CC(=O)N(CN1C(=O)c2ccccc2C1=O)c1ccc(Br)cc1. The predicted octanol–water partition coefficient (Wildman–Crippen LogP) is 3.06. The summed E-state index contributed by atoms with van der Waals surface area (Å²) in [6.45, 7) is 1.30. The molecule has 0 radical (unpaired) electrons. The van der Waals surface area contributed by atoms with Crippen LogP contribution in [-0.2, 0) is 4.79 Å². The fourth-order valence-corrected chi connectivity index (χ4v) is 2.76. The highest BCUT2D eigenvalue weighted by Crippen LogP contribution is 2.25. The lowest BCUT2D eigenvalue weighted by molar-refractivity contribution is -0.116. The van der Waals surface area contributed by atoms with Crippen LogP contribution in [0.25, 0.3) is 0 Å². The van der Waals surface area contributed by atoms with Crippen LogP contribution in [0, 0.1) is 0 Å². The van der Waals surface area contributed by atoms with E-state index < -0.39 is 0 Å². The lowest BCUT2D eigenvalue weighted by Gasteiger charge is -2.26. The zero-order valence-corrected chi connectivity index (χ0v) is 13.9. The van der Waals surface area contributed by atoms with E-state index in [-0.39, 0.29) is 24.4 Å². The van der Waals surface area contributed by atoms with Gasteiger partial charge < -0.3 is 0 Å². The molecule has 0 atom stereocenters. The first-order valence-corrected chi connectivity index (χ1v) is 7.77. The molecule has 0 bridgehead atoms. The first kappa shape index (κ1) is 15.4. The molecule has 0 aliphatic carbocycles. The Kier molecular flexibility index (Phi) is 4.00. The summed E-state index contributed by atoms with van der Waals surface area (Å²) in [7, 11) is 0. The third kappa shape index (κ3) is 2.77. The van der Waals surface area contributed by atoms with Gasteiger partial charge in [-0.2, -0.15) is 0 Å². The third-order valence-corrected chi connectivity index (χ3v) is 4.21. The van der Waals surface area contributed by atoms with Crippen molar-refractivity contribution in [2.45, 2.75) is 6.92 Å². The maximum absolute atomic E-state index is 12.4. The summed E-state index contributed by atoms with van der Waals surface area (Å²) < 4.78 is 0.880. The first-order valence-electron chi connectivity index (χ1n) is 6.98. The third-order valence-electron chi connectivity index (χ3n) is 3.68. The number of halogens is 1. The summed E-state index contributed by atoms with van der Waals surface area (Å²) in [5, 5.41) is 0. The van der Waals surface area contributed by atoms with Crippen molar-refractivity contribution >= 4 is 39.3 Å². The van der Waals surface area contributed by atoms with Gasteiger partial charge in [0.2, 0.25) is 5.91 Å². The number of fused-ring (bicyclic) bond motifs is 1.